The molecule has 146 valence electrons. The monoisotopic (exact) mass is 400 g/mol. The van der Waals surface area contributed by atoms with Gasteiger partial charge < -0.3 is 15.1 Å². The fraction of sp³-hybridized carbons (Fsp3) is 0.250. The number of para-hydroxylation sites is 1. The van der Waals surface area contributed by atoms with E-state index in [9.17, 15) is 14.0 Å². The molecular formula is C20H21FN4O2S. The highest BCUT2D eigenvalue weighted by Crippen LogP contribution is 2.18. The van der Waals surface area contributed by atoms with Gasteiger partial charge in [0.25, 0.3) is 11.8 Å². The Labute approximate surface area is 168 Å². The number of nitrogens with zero attached hydrogens (tertiary/aromatic N) is 2. The number of hydrogen-bond acceptors (Lipinski definition) is 4. The number of benzene rings is 2. The second kappa shape index (κ2) is 8.90. The maximum absolute atomic E-state index is 13.0. The molecule has 1 aliphatic rings. The molecule has 2 N–H and O–H groups in total. The summed E-state index contributed by atoms with van der Waals surface area (Å²) in [6.07, 6.45) is 0. The van der Waals surface area contributed by atoms with Gasteiger partial charge >= 0.3 is 0 Å². The molecule has 2 amide bonds. The second-order valence-corrected chi connectivity index (χ2v) is 6.96. The smallest absolute Gasteiger partial charge is 0.257 e. The molecule has 8 heteroatoms. The van der Waals surface area contributed by atoms with Crippen LogP contribution in [0.25, 0.3) is 0 Å². The van der Waals surface area contributed by atoms with Gasteiger partial charge in [0.15, 0.2) is 5.11 Å². The van der Waals surface area contributed by atoms with Crippen molar-refractivity contribution in [1.29, 1.82) is 0 Å². The van der Waals surface area contributed by atoms with E-state index in [1.165, 1.54) is 24.3 Å². The maximum atomic E-state index is 13.0. The Morgan fingerprint density at radius 3 is 2.32 bits per heavy atom. The number of anilines is 1. The molecule has 1 saturated heterocycles. The van der Waals surface area contributed by atoms with Crippen LogP contribution in [-0.4, -0.2) is 60.0 Å². The zero-order chi connectivity index (χ0) is 20.1. The topological polar surface area (TPSA) is 64.7 Å². The summed E-state index contributed by atoms with van der Waals surface area (Å²) in [6.45, 7) is 2.98. The molecule has 0 unspecified atom stereocenters. The molecule has 0 aliphatic carbocycles. The number of likely N-dealkylation sites (N-methyl/N-ethyl adjacent to an activating group) is 1. The quantitative estimate of drug-likeness (QED) is 0.775. The summed E-state index contributed by atoms with van der Waals surface area (Å²) in [5, 5.41) is 5.52. The Morgan fingerprint density at radius 2 is 1.64 bits per heavy atom. The SMILES string of the molecule is CN1CCN(C(=O)c2ccccc2NC(=S)NC(=O)c2ccc(F)cc2)CC1. The van der Waals surface area contributed by atoms with Gasteiger partial charge in [-0.2, -0.15) is 0 Å². The van der Waals surface area contributed by atoms with Crippen molar-refractivity contribution in [2.75, 3.05) is 38.5 Å². The van der Waals surface area contributed by atoms with Crippen molar-refractivity contribution >= 4 is 34.8 Å². The van der Waals surface area contributed by atoms with E-state index in [1.54, 1.807) is 29.2 Å². The lowest BCUT2D eigenvalue weighted by atomic mass is 10.1. The fourth-order valence-corrected chi connectivity index (χ4v) is 3.09. The van der Waals surface area contributed by atoms with Gasteiger partial charge in [-0.05, 0) is 55.7 Å². The zero-order valence-corrected chi connectivity index (χ0v) is 16.3. The Hall–Kier alpha value is -2.84. The summed E-state index contributed by atoms with van der Waals surface area (Å²) in [4.78, 5) is 29.1. The van der Waals surface area contributed by atoms with E-state index < -0.39 is 11.7 Å². The van der Waals surface area contributed by atoms with Crippen molar-refractivity contribution in [3.63, 3.8) is 0 Å². The van der Waals surface area contributed by atoms with Crippen LogP contribution in [0.1, 0.15) is 20.7 Å². The van der Waals surface area contributed by atoms with Gasteiger partial charge in [0, 0.05) is 31.7 Å². The van der Waals surface area contributed by atoms with E-state index in [4.69, 9.17) is 12.2 Å². The minimum absolute atomic E-state index is 0.0629. The first kappa shape index (κ1) is 19.9. The van der Waals surface area contributed by atoms with Gasteiger partial charge in [0.2, 0.25) is 0 Å². The first-order chi connectivity index (χ1) is 13.4. The minimum atomic E-state index is -0.458. The number of amides is 2. The number of carbonyl (C=O) groups is 2. The van der Waals surface area contributed by atoms with Crippen LogP contribution in [0, 0.1) is 5.82 Å². The number of halogens is 1. The highest BCUT2D eigenvalue weighted by molar-refractivity contribution is 7.80. The largest absolute Gasteiger partial charge is 0.336 e. The van der Waals surface area contributed by atoms with Gasteiger partial charge in [-0.1, -0.05) is 12.1 Å². The van der Waals surface area contributed by atoms with Crippen molar-refractivity contribution in [2.45, 2.75) is 0 Å². The van der Waals surface area contributed by atoms with Crippen LogP contribution in [0.15, 0.2) is 48.5 Å². The molecule has 0 atom stereocenters. The third kappa shape index (κ3) is 4.90. The van der Waals surface area contributed by atoms with E-state index in [0.717, 1.165) is 13.1 Å². The molecule has 1 aliphatic heterocycles. The van der Waals surface area contributed by atoms with Gasteiger partial charge in [-0.15, -0.1) is 0 Å². The van der Waals surface area contributed by atoms with Crippen molar-refractivity contribution in [2.24, 2.45) is 0 Å². The minimum Gasteiger partial charge on any atom is -0.336 e. The average Bonchev–Trinajstić information content (AvgIpc) is 2.69. The number of piperazine rings is 1. The molecule has 2 aromatic rings. The van der Waals surface area contributed by atoms with Crippen molar-refractivity contribution in [3.05, 3.63) is 65.5 Å². The summed E-state index contributed by atoms with van der Waals surface area (Å²) in [5.41, 5.74) is 1.30. The van der Waals surface area contributed by atoms with Crippen molar-refractivity contribution in [3.8, 4) is 0 Å². The van der Waals surface area contributed by atoms with Crippen LogP contribution in [0.5, 0.6) is 0 Å². The molecule has 2 aromatic carbocycles. The van der Waals surface area contributed by atoms with Gasteiger partial charge in [-0.25, -0.2) is 4.39 Å². The van der Waals surface area contributed by atoms with Crippen LogP contribution in [-0.2, 0) is 0 Å². The number of hydrogen-bond donors (Lipinski definition) is 2. The van der Waals surface area contributed by atoms with Crippen LogP contribution >= 0.6 is 12.2 Å². The maximum Gasteiger partial charge on any atom is 0.257 e. The Balaban J connectivity index is 1.67. The summed E-state index contributed by atoms with van der Waals surface area (Å²) < 4.78 is 13.0. The van der Waals surface area contributed by atoms with Crippen LogP contribution < -0.4 is 10.6 Å². The average molecular weight is 400 g/mol. The van der Waals surface area contributed by atoms with Crippen LogP contribution in [0.2, 0.25) is 0 Å². The van der Waals surface area contributed by atoms with Crippen molar-refractivity contribution in [1.82, 2.24) is 15.1 Å². The lowest BCUT2D eigenvalue weighted by Gasteiger charge is -2.32. The molecular weight excluding hydrogens is 379 g/mol. The molecule has 0 spiro atoms. The molecule has 1 heterocycles. The summed E-state index contributed by atoms with van der Waals surface area (Å²) in [7, 11) is 2.03. The molecule has 0 bridgehead atoms. The third-order valence-corrected chi connectivity index (χ3v) is 4.73. The first-order valence-electron chi connectivity index (χ1n) is 8.89. The van der Waals surface area contributed by atoms with E-state index in [0.29, 0.717) is 24.3 Å². The summed E-state index contributed by atoms with van der Waals surface area (Å²) >= 11 is 5.21. The van der Waals surface area contributed by atoms with E-state index >= 15 is 0 Å². The lowest BCUT2D eigenvalue weighted by Crippen LogP contribution is -2.47. The Bertz CT molecular complexity index is 880. The Kier molecular flexibility index (Phi) is 6.33. The predicted octanol–water partition coefficient (Wildman–Crippen LogP) is 2.34. The normalized spacial score (nSPS) is 14.4. The predicted molar refractivity (Wildman–Crippen MR) is 110 cm³/mol. The molecule has 0 radical (unpaired) electrons. The van der Waals surface area contributed by atoms with Crippen LogP contribution in [0.3, 0.4) is 0 Å². The molecule has 0 saturated carbocycles. The van der Waals surface area contributed by atoms with Gasteiger partial charge in [-0.3, -0.25) is 14.9 Å². The molecule has 0 aromatic heterocycles. The molecule has 3 rings (SSSR count). The van der Waals surface area contributed by atoms with E-state index in [1.807, 2.05) is 7.05 Å². The highest BCUT2D eigenvalue weighted by Gasteiger charge is 2.22. The number of carbonyl (C=O) groups excluding carboxylic acids is 2. The lowest BCUT2D eigenvalue weighted by molar-refractivity contribution is 0.0665. The number of thiocarbonyl (C=S) groups is 1. The van der Waals surface area contributed by atoms with Crippen LogP contribution in [0.4, 0.5) is 10.1 Å². The van der Waals surface area contributed by atoms with Gasteiger partial charge in [0.05, 0.1) is 11.3 Å². The standard InChI is InChI=1S/C20H21FN4O2S/c1-24-10-12-25(13-11-24)19(27)16-4-2-3-5-17(16)22-20(28)23-18(26)14-6-8-15(21)9-7-14/h2-9H,10-13H2,1H3,(H2,22,23,26,28). The van der Waals surface area contributed by atoms with E-state index in [2.05, 4.69) is 15.5 Å². The number of nitrogens with one attached hydrogen (secondary N) is 2. The second-order valence-electron chi connectivity index (χ2n) is 6.56. The van der Waals surface area contributed by atoms with Gasteiger partial charge in [0.1, 0.15) is 5.82 Å². The number of rotatable bonds is 3. The Morgan fingerprint density at radius 1 is 1.00 bits per heavy atom. The summed E-state index contributed by atoms with van der Waals surface area (Å²) in [6, 6.07) is 12.2. The fourth-order valence-electron chi connectivity index (χ4n) is 2.89. The molecule has 1 fully saturated rings. The molecule has 28 heavy (non-hydrogen) atoms. The van der Waals surface area contributed by atoms with E-state index in [-0.39, 0.29) is 16.6 Å². The summed E-state index contributed by atoms with van der Waals surface area (Å²) in [5.74, 6) is -0.960. The molecule has 6 nitrogen and oxygen atoms in total. The third-order valence-electron chi connectivity index (χ3n) is 4.53. The van der Waals surface area contributed by atoms with Crippen molar-refractivity contribution < 1.29 is 14.0 Å². The first-order valence-corrected chi connectivity index (χ1v) is 9.29. The highest BCUT2D eigenvalue weighted by atomic mass is 32.1. The zero-order valence-electron chi connectivity index (χ0n) is 15.4.